The molecule has 0 aliphatic carbocycles. The van der Waals surface area contributed by atoms with Crippen molar-refractivity contribution in [3.05, 3.63) is 35.4 Å². The number of benzene rings is 1. The summed E-state index contributed by atoms with van der Waals surface area (Å²) >= 11 is 0. The molecule has 2 N–H and O–H groups in total. The van der Waals surface area contributed by atoms with Gasteiger partial charge in [0.2, 0.25) is 0 Å². The standard InChI is InChI=1S/C32H39F2N7O4/c1-18-11-26-24(14-36-39-26)27(23(18)8-6-10-44-19(2)42)30-28(34)29-25(13-35-30)31(41-9-5-4-7-22(43)16-41)38-32(37-29)45-17-21-12-20(33)15-40(21)3/h11,13-14,20-22,43H,4-10,12,15-17H2,1-3H3,(H,36,39)/t20-,21+,22-/m1/s1. The number of carbonyl (C=O) groups is 1. The minimum atomic E-state index is -0.932. The van der Waals surface area contributed by atoms with Gasteiger partial charge in [0.15, 0.2) is 5.82 Å². The molecule has 0 unspecified atom stereocenters. The van der Waals surface area contributed by atoms with Crippen LogP contribution in [0.2, 0.25) is 0 Å². The molecule has 240 valence electrons. The lowest BCUT2D eigenvalue weighted by Crippen LogP contribution is -2.32. The first-order chi connectivity index (χ1) is 21.7. The van der Waals surface area contributed by atoms with E-state index in [1.54, 1.807) is 12.4 Å². The highest BCUT2D eigenvalue weighted by molar-refractivity contribution is 5.99. The van der Waals surface area contributed by atoms with Crippen molar-refractivity contribution in [2.24, 2.45) is 0 Å². The number of aromatic amines is 1. The van der Waals surface area contributed by atoms with Crippen molar-refractivity contribution >= 4 is 33.6 Å². The first kappa shape index (κ1) is 31.0. The molecule has 6 rings (SSSR count). The molecule has 0 amide bonds. The topological polar surface area (TPSA) is 130 Å². The molecule has 45 heavy (non-hydrogen) atoms. The van der Waals surface area contributed by atoms with Gasteiger partial charge in [-0.3, -0.25) is 19.8 Å². The Balaban J connectivity index is 1.46. The number of nitrogens with zero attached hydrogens (tertiary/aromatic N) is 6. The van der Waals surface area contributed by atoms with Gasteiger partial charge in [0.05, 0.1) is 29.8 Å². The lowest BCUT2D eigenvalue weighted by Gasteiger charge is -2.25. The van der Waals surface area contributed by atoms with Crippen LogP contribution in [0.1, 0.15) is 50.2 Å². The van der Waals surface area contributed by atoms with Crippen molar-refractivity contribution in [1.82, 2.24) is 30.0 Å². The van der Waals surface area contributed by atoms with Crippen molar-refractivity contribution in [2.45, 2.75) is 70.7 Å². The second kappa shape index (κ2) is 13.2. The summed E-state index contributed by atoms with van der Waals surface area (Å²) in [5, 5.41) is 18.9. The number of fused-ring (bicyclic) bond motifs is 2. The van der Waals surface area contributed by atoms with Crippen LogP contribution in [0, 0.1) is 12.7 Å². The van der Waals surface area contributed by atoms with Gasteiger partial charge in [-0.2, -0.15) is 15.1 Å². The number of halogens is 2. The monoisotopic (exact) mass is 623 g/mol. The number of carbonyl (C=O) groups excluding carboxylic acids is 1. The number of H-pyrrole nitrogens is 1. The molecule has 3 aromatic heterocycles. The third-order valence-corrected chi connectivity index (χ3v) is 8.82. The van der Waals surface area contributed by atoms with Crippen LogP contribution in [0.5, 0.6) is 6.01 Å². The second-order valence-corrected chi connectivity index (χ2v) is 12.2. The number of aliphatic hydroxyl groups is 1. The number of likely N-dealkylation sites (N-methyl/N-ethyl adjacent to an activating group) is 1. The molecule has 0 bridgehead atoms. The first-order valence-electron chi connectivity index (χ1n) is 15.5. The molecule has 2 aliphatic rings. The number of rotatable bonds is 9. The second-order valence-electron chi connectivity index (χ2n) is 12.2. The number of alkyl halides is 1. The molecular formula is C32H39F2N7O4. The van der Waals surface area contributed by atoms with E-state index in [1.807, 2.05) is 29.8 Å². The first-order valence-corrected chi connectivity index (χ1v) is 15.5. The van der Waals surface area contributed by atoms with Gasteiger partial charge < -0.3 is 19.5 Å². The number of esters is 1. The van der Waals surface area contributed by atoms with Crippen molar-refractivity contribution in [1.29, 1.82) is 0 Å². The normalized spacial score (nSPS) is 21.0. The molecule has 1 aromatic carbocycles. The predicted octanol–water partition coefficient (Wildman–Crippen LogP) is 4.28. The number of hydrogen-bond donors (Lipinski definition) is 2. The Morgan fingerprint density at radius 3 is 2.82 bits per heavy atom. The summed E-state index contributed by atoms with van der Waals surface area (Å²) in [6.45, 7) is 5.00. The summed E-state index contributed by atoms with van der Waals surface area (Å²) < 4.78 is 42.1. The lowest BCUT2D eigenvalue weighted by molar-refractivity contribution is -0.141. The number of aryl methyl sites for hydroxylation is 1. The Morgan fingerprint density at radius 2 is 2.04 bits per heavy atom. The van der Waals surface area contributed by atoms with Crippen molar-refractivity contribution in [3.8, 4) is 17.3 Å². The van der Waals surface area contributed by atoms with E-state index >= 15 is 4.39 Å². The quantitative estimate of drug-likeness (QED) is 0.206. The smallest absolute Gasteiger partial charge is 0.319 e. The average molecular weight is 624 g/mol. The number of anilines is 1. The van der Waals surface area contributed by atoms with Crippen LogP contribution in [0.3, 0.4) is 0 Å². The van der Waals surface area contributed by atoms with Gasteiger partial charge in [0.25, 0.3) is 0 Å². The summed E-state index contributed by atoms with van der Waals surface area (Å²) in [6, 6.07) is 1.80. The van der Waals surface area contributed by atoms with Crippen LogP contribution in [-0.2, 0) is 16.0 Å². The van der Waals surface area contributed by atoms with Crippen LogP contribution in [0.25, 0.3) is 33.1 Å². The van der Waals surface area contributed by atoms with E-state index in [0.29, 0.717) is 67.5 Å². The number of aromatic nitrogens is 5. The van der Waals surface area contributed by atoms with Gasteiger partial charge in [-0.25, -0.2) is 8.78 Å². The Bertz CT molecular complexity index is 1700. The molecule has 2 fully saturated rings. The Hall–Kier alpha value is -3.97. The maximum Gasteiger partial charge on any atom is 0.319 e. The molecule has 5 heterocycles. The van der Waals surface area contributed by atoms with E-state index in [9.17, 15) is 14.3 Å². The molecule has 0 saturated carbocycles. The number of aliphatic hydroxyl groups excluding tert-OH is 1. The SMILES string of the molecule is CC(=O)OCCCc1c(C)cc2[nH]ncc2c1-c1ncc2c(N3CCCC[C@@H](O)C3)nc(OC[C@@H]3C[C@@H](F)CN3C)nc2c1F. The van der Waals surface area contributed by atoms with E-state index < -0.39 is 18.1 Å². The predicted molar refractivity (Wildman–Crippen MR) is 166 cm³/mol. The number of pyridine rings is 1. The largest absolute Gasteiger partial charge is 0.466 e. The van der Waals surface area contributed by atoms with Crippen LogP contribution in [0.4, 0.5) is 14.6 Å². The third kappa shape index (κ3) is 6.55. The molecule has 0 spiro atoms. The summed E-state index contributed by atoms with van der Waals surface area (Å²) in [5.74, 6) is -0.544. The summed E-state index contributed by atoms with van der Waals surface area (Å²) in [5.41, 5.74) is 3.28. The molecule has 2 saturated heterocycles. The fourth-order valence-corrected chi connectivity index (χ4v) is 6.52. The van der Waals surface area contributed by atoms with E-state index in [4.69, 9.17) is 14.5 Å². The number of ether oxygens (including phenoxy) is 2. The van der Waals surface area contributed by atoms with Crippen LogP contribution < -0.4 is 9.64 Å². The van der Waals surface area contributed by atoms with E-state index in [2.05, 4.69) is 20.2 Å². The highest BCUT2D eigenvalue weighted by Crippen LogP contribution is 2.38. The molecule has 4 aromatic rings. The highest BCUT2D eigenvalue weighted by Gasteiger charge is 2.31. The summed E-state index contributed by atoms with van der Waals surface area (Å²) in [6.07, 6.45) is 5.54. The van der Waals surface area contributed by atoms with Crippen molar-refractivity contribution in [3.63, 3.8) is 0 Å². The lowest BCUT2D eigenvalue weighted by atomic mass is 9.92. The van der Waals surface area contributed by atoms with E-state index in [0.717, 1.165) is 29.5 Å². The van der Waals surface area contributed by atoms with Crippen LogP contribution >= 0.6 is 0 Å². The molecule has 11 nitrogen and oxygen atoms in total. The molecule has 13 heteroatoms. The maximum atomic E-state index is 16.9. The van der Waals surface area contributed by atoms with E-state index in [-0.39, 0.29) is 42.4 Å². The van der Waals surface area contributed by atoms with Gasteiger partial charge in [-0.1, -0.05) is 0 Å². The fourth-order valence-electron chi connectivity index (χ4n) is 6.52. The number of hydrogen-bond acceptors (Lipinski definition) is 10. The Morgan fingerprint density at radius 1 is 1.20 bits per heavy atom. The Labute approximate surface area is 259 Å². The zero-order valence-electron chi connectivity index (χ0n) is 25.9. The van der Waals surface area contributed by atoms with Crippen molar-refractivity contribution in [2.75, 3.05) is 44.8 Å². The minimum Gasteiger partial charge on any atom is -0.466 e. The zero-order chi connectivity index (χ0) is 31.7. The average Bonchev–Trinajstić information content (AvgIpc) is 3.52. The molecular weight excluding hydrogens is 584 g/mol. The number of nitrogens with one attached hydrogen (secondary N) is 1. The number of β-amino-alcohol motifs (C(OH)–C–C–N with tert-alkyl or cyclic N) is 1. The number of likely N-dealkylation sites (tertiary alicyclic amines) is 1. The highest BCUT2D eigenvalue weighted by atomic mass is 19.1. The maximum absolute atomic E-state index is 16.9. The van der Waals surface area contributed by atoms with Gasteiger partial charge in [-0.05, 0) is 69.7 Å². The van der Waals surface area contributed by atoms with Gasteiger partial charge in [-0.15, -0.1) is 0 Å². The zero-order valence-corrected chi connectivity index (χ0v) is 25.9. The fraction of sp³-hybridized carbons (Fsp3) is 0.531. The summed E-state index contributed by atoms with van der Waals surface area (Å²) in [7, 11) is 1.85. The van der Waals surface area contributed by atoms with Crippen molar-refractivity contribution < 1.29 is 28.2 Å². The van der Waals surface area contributed by atoms with E-state index in [1.165, 1.54) is 6.92 Å². The molecule has 2 aliphatic heterocycles. The molecule has 3 atom stereocenters. The van der Waals surface area contributed by atoms with Crippen LogP contribution in [0.15, 0.2) is 18.5 Å². The van der Waals surface area contributed by atoms with Gasteiger partial charge in [0, 0.05) is 49.7 Å². The molecule has 0 radical (unpaired) electrons. The third-order valence-electron chi connectivity index (χ3n) is 8.82. The van der Waals surface area contributed by atoms with Gasteiger partial charge >= 0.3 is 12.0 Å². The van der Waals surface area contributed by atoms with Crippen LogP contribution in [-0.4, -0.2) is 99.3 Å². The van der Waals surface area contributed by atoms with Gasteiger partial charge in [0.1, 0.15) is 29.8 Å². The summed E-state index contributed by atoms with van der Waals surface area (Å²) in [4.78, 5) is 29.1. The minimum absolute atomic E-state index is 0.0118. The Kier molecular flexibility index (Phi) is 9.09.